The molecule has 0 amide bonds. The van der Waals surface area contributed by atoms with Crippen molar-refractivity contribution in [2.24, 2.45) is 5.92 Å². The number of aliphatic carboxylic acids is 1. The predicted molar refractivity (Wildman–Crippen MR) is 124 cm³/mol. The van der Waals surface area contributed by atoms with Gasteiger partial charge in [-0.15, -0.1) is 0 Å². The van der Waals surface area contributed by atoms with Gasteiger partial charge in [0.2, 0.25) is 11.8 Å². The van der Waals surface area contributed by atoms with Gasteiger partial charge in [-0.3, -0.25) is 9.32 Å². The lowest BCUT2D eigenvalue weighted by Gasteiger charge is -2.36. The van der Waals surface area contributed by atoms with Crippen molar-refractivity contribution in [1.29, 1.82) is 0 Å². The minimum Gasteiger partial charge on any atom is -0.480 e. The van der Waals surface area contributed by atoms with Crippen LogP contribution in [-0.4, -0.2) is 50.4 Å². The van der Waals surface area contributed by atoms with Crippen molar-refractivity contribution >= 4 is 42.4 Å². The fraction of sp³-hybridized carbons (Fsp3) is 0.400. The smallest absolute Gasteiger partial charge is 0.459 e. The van der Waals surface area contributed by atoms with Gasteiger partial charge in [0.05, 0.1) is 20.0 Å². The van der Waals surface area contributed by atoms with Crippen molar-refractivity contribution in [2.75, 3.05) is 19.5 Å². The minimum atomic E-state index is -3.98. The number of nitrogens with one attached hydrogen (secondary N) is 1. The lowest BCUT2D eigenvalue weighted by atomic mass is 9.81. The van der Waals surface area contributed by atoms with Crippen LogP contribution in [0.25, 0.3) is 11.2 Å². The number of imidazole rings is 1. The lowest BCUT2D eigenvalue weighted by Crippen LogP contribution is -2.35. The highest BCUT2D eigenvalue weighted by Crippen LogP contribution is 2.48. The summed E-state index contributed by atoms with van der Waals surface area (Å²) in [5.74, 6) is -0.493. The molecule has 1 aliphatic rings. The summed E-state index contributed by atoms with van der Waals surface area (Å²) in [5, 5.41) is 12.2. The maximum atomic E-state index is 13.3. The van der Waals surface area contributed by atoms with Crippen molar-refractivity contribution in [1.82, 2.24) is 24.6 Å². The van der Waals surface area contributed by atoms with Crippen molar-refractivity contribution in [2.45, 2.75) is 31.8 Å². The molecule has 0 saturated heterocycles. The van der Waals surface area contributed by atoms with E-state index >= 15 is 0 Å². The molecule has 1 fully saturated rings. The van der Waals surface area contributed by atoms with E-state index < -0.39 is 19.8 Å². The summed E-state index contributed by atoms with van der Waals surface area (Å²) in [5.41, 5.74) is 6.87. The highest BCUT2D eigenvalue weighted by molar-refractivity contribution is 7.52. The van der Waals surface area contributed by atoms with Gasteiger partial charge in [0, 0.05) is 11.1 Å². The summed E-state index contributed by atoms with van der Waals surface area (Å²) in [4.78, 5) is 23.9. The molecular weight excluding hydrogens is 487 g/mol. The van der Waals surface area contributed by atoms with Crippen LogP contribution in [0.5, 0.6) is 11.6 Å². The van der Waals surface area contributed by atoms with Crippen LogP contribution in [0.15, 0.2) is 30.6 Å². The van der Waals surface area contributed by atoms with Gasteiger partial charge in [0.25, 0.3) is 0 Å². The van der Waals surface area contributed by atoms with Gasteiger partial charge in [0.15, 0.2) is 11.2 Å². The van der Waals surface area contributed by atoms with E-state index in [-0.39, 0.29) is 30.3 Å². The van der Waals surface area contributed by atoms with Gasteiger partial charge in [-0.1, -0.05) is 11.6 Å². The zero-order valence-electron chi connectivity index (χ0n) is 18.4. The molecule has 2 unspecified atom stereocenters. The van der Waals surface area contributed by atoms with Gasteiger partial charge in [-0.2, -0.15) is 15.1 Å². The molecule has 2 atom stereocenters. The Morgan fingerprint density at radius 3 is 2.71 bits per heavy atom. The first kappa shape index (κ1) is 24.2. The summed E-state index contributed by atoms with van der Waals surface area (Å²) in [6.45, 7) is 1.46. The normalized spacial score (nSPS) is 20.3. The second-order valence-corrected chi connectivity index (χ2v) is 10.1. The lowest BCUT2D eigenvalue weighted by molar-refractivity contribution is -0.138. The quantitative estimate of drug-likeness (QED) is 0.343. The Hall–Kier alpha value is -2.92. The van der Waals surface area contributed by atoms with Crippen LogP contribution in [-0.2, 0) is 13.9 Å². The summed E-state index contributed by atoms with van der Waals surface area (Å²) < 4.78 is 31.6. The molecule has 182 valence electrons. The van der Waals surface area contributed by atoms with E-state index in [1.54, 1.807) is 18.5 Å². The van der Waals surface area contributed by atoms with Gasteiger partial charge >= 0.3 is 13.7 Å². The van der Waals surface area contributed by atoms with Crippen molar-refractivity contribution < 1.29 is 28.3 Å². The van der Waals surface area contributed by atoms with E-state index in [9.17, 15) is 14.5 Å². The molecule has 34 heavy (non-hydrogen) atoms. The van der Waals surface area contributed by atoms with E-state index in [1.807, 2.05) is 4.57 Å². The molecule has 4 N–H and O–H groups in total. The van der Waals surface area contributed by atoms with E-state index in [4.69, 9.17) is 31.1 Å². The Bertz CT molecular complexity index is 1230. The third-order valence-electron chi connectivity index (χ3n) is 5.45. The number of carbonyl (C=O) groups is 1. The van der Waals surface area contributed by atoms with Crippen LogP contribution in [0.3, 0.4) is 0 Å². The van der Waals surface area contributed by atoms with Crippen LogP contribution in [0.4, 0.5) is 5.95 Å². The van der Waals surface area contributed by atoms with Crippen molar-refractivity contribution in [3.8, 4) is 11.6 Å². The molecule has 4 rings (SSSR count). The number of hydrogen-bond acceptors (Lipinski definition) is 9. The van der Waals surface area contributed by atoms with Crippen LogP contribution >= 0.6 is 19.3 Å². The zero-order valence-corrected chi connectivity index (χ0v) is 20.1. The third kappa shape index (κ3) is 5.25. The van der Waals surface area contributed by atoms with E-state index in [1.165, 1.54) is 26.2 Å². The van der Waals surface area contributed by atoms with Gasteiger partial charge in [-0.25, -0.2) is 9.55 Å². The molecule has 0 aliphatic heterocycles. The molecule has 2 aromatic heterocycles. The molecular formula is C20H24ClN6O6P. The van der Waals surface area contributed by atoms with Crippen molar-refractivity contribution in [3.05, 3.63) is 35.6 Å². The van der Waals surface area contributed by atoms with Crippen LogP contribution < -0.4 is 20.1 Å². The number of methoxy groups -OCH3 is 1. The van der Waals surface area contributed by atoms with Gasteiger partial charge in [0.1, 0.15) is 11.8 Å². The number of carboxylic acid groups (broad SMARTS) is 1. The number of halogens is 1. The Balaban J connectivity index is 1.41. The number of nitrogens with zero attached hydrogens (tertiary/aromatic N) is 4. The number of hydrogen-bond donors (Lipinski definition) is 3. The third-order valence-corrected chi connectivity index (χ3v) is 7.34. The van der Waals surface area contributed by atoms with Crippen molar-refractivity contribution in [3.63, 3.8) is 0 Å². The standard InChI is InChI=1S/C20H24ClN6O6P/c1-11(19(28)29)26-34(30,33-15-5-3-13(21)4-6-15)32-9-12-7-14(8-12)27-10-23-16-17(27)24-20(22)25-18(16)31-2/h3-6,10-12,14H,7-9H2,1-2H3,(H,26,30)(H,28,29)(H2,22,24,25)/t11?,12-,14+,34?. The van der Waals surface area contributed by atoms with Gasteiger partial charge < -0.3 is 24.7 Å². The summed E-state index contributed by atoms with van der Waals surface area (Å²) in [6, 6.07) is 5.12. The summed E-state index contributed by atoms with van der Waals surface area (Å²) in [7, 11) is -2.50. The average molecular weight is 511 g/mol. The zero-order chi connectivity index (χ0) is 24.5. The first-order valence-corrected chi connectivity index (χ1v) is 12.3. The number of benzene rings is 1. The molecule has 12 nitrogen and oxygen atoms in total. The molecule has 1 aromatic carbocycles. The largest absolute Gasteiger partial charge is 0.480 e. The number of nitrogens with two attached hydrogens (primary N) is 1. The molecule has 0 bridgehead atoms. The second kappa shape index (κ2) is 9.75. The van der Waals surface area contributed by atoms with Crippen LogP contribution in [0, 0.1) is 5.92 Å². The Morgan fingerprint density at radius 1 is 1.35 bits per heavy atom. The highest BCUT2D eigenvalue weighted by Gasteiger charge is 2.37. The minimum absolute atomic E-state index is 0.0626. The SMILES string of the molecule is COc1nc(N)nc2c1ncn2[C@H]1C[C@@H](COP(=O)(NC(C)C(=O)O)Oc2ccc(Cl)cc2)C1. The summed E-state index contributed by atoms with van der Waals surface area (Å²) in [6.07, 6.45) is 3.06. The van der Waals surface area contributed by atoms with Crippen LogP contribution in [0.2, 0.25) is 5.02 Å². The number of fused-ring (bicyclic) bond motifs is 1. The first-order chi connectivity index (χ1) is 16.2. The Labute approximate surface area is 200 Å². The second-order valence-electron chi connectivity index (χ2n) is 7.93. The number of ether oxygens (including phenoxy) is 1. The van der Waals surface area contributed by atoms with E-state index in [0.717, 1.165) is 0 Å². The molecule has 0 spiro atoms. The number of carboxylic acids is 1. The van der Waals surface area contributed by atoms with Gasteiger partial charge in [-0.05, 0) is 49.9 Å². The fourth-order valence-corrected chi connectivity index (χ4v) is 5.30. The summed E-state index contributed by atoms with van der Waals surface area (Å²) >= 11 is 5.88. The Kier molecular flexibility index (Phi) is 6.94. The number of anilines is 1. The van der Waals surface area contributed by atoms with E-state index in [0.29, 0.717) is 34.9 Å². The molecule has 2 heterocycles. The monoisotopic (exact) mass is 510 g/mol. The van der Waals surface area contributed by atoms with Crippen LogP contribution in [0.1, 0.15) is 25.8 Å². The molecule has 3 aromatic rings. The number of nitrogen functional groups attached to an aromatic ring is 1. The molecule has 0 radical (unpaired) electrons. The number of rotatable bonds is 10. The average Bonchev–Trinajstić information content (AvgIpc) is 3.17. The maximum absolute atomic E-state index is 13.3. The predicted octanol–water partition coefficient (Wildman–Crippen LogP) is 3.29. The fourth-order valence-electron chi connectivity index (χ4n) is 3.60. The Morgan fingerprint density at radius 2 is 2.06 bits per heavy atom. The number of aromatic nitrogens is 4. The molecule has 1 saturated carbocycles. The molecule has 1 aliphatic carbocycles. The topological polar surface area (TPSA) is 164 Å². The first-order valence-electron chi connectivity index (χ1n) is 10.4. The highest BCUT2D eigenvalue weighted by atomic mass is 35.5. The van der Waals surface area contributed by atoms with E-state index in [2.05, 4.69) is 20.0 Å². The maximum Gasteiger partial charge on any atom is 0.459 e. The molecule has 14 heteroatoms.